The zero-order chi connectivity index (χ0) is 42.8. The molecule has 8 atom stereocenters. The average molecular weight is 828 g/mol. The van der Waals surface area contributed by atoms with Crippen molar-refractivity contribution in [3.8, 4) is 0 Å². The van der Waals surface area contributed by atoms with Crippen LogP contribution >= 0.6 is 0 Å². The van der Waals surface area contributed by atoms with Gasteiger partial charge in [-0.2, -0.15) is 0 Å². The molecule has 0 unspecified atom stereocenters. The van der Waals surface area contributed by atoms with Crippen molar-refractivity contribution < 1.29 is 66.6 Å². The Morgan fingerprint density at radius 2 is 1.12 bits per heavy atom. The van der Waals surface area contributed by atoms with E-state index in [2.05, 4.69) is 0 Å². The van der Waals surface area contributed by atoms with E-state index >= 15 is 0 Å². The number of imide groups is 1. The zero-order valence-electron chi connectivity index (χ0n) is 34.1. The average Bonchev–Trinajstić information content (AvgIpc) is 3.42. The highest BCUT2D eigenvalue weighted by atomic mass is 16.7. The molecule has 1 fully saturated rings. The topological polar surface area (TPSA) is 172 Å². The molecule has 15 heteroatoms. The van der Waals surface area contributed by atoms with Crippen LogP contribution in [0.1, 0.15) is 51.3 Å². The van der Waals surface area contributed by atoms with Gasteiger partial charge in [-0.25, -0.2) is 4.90 Å². The minimum atomic E-state index is -1.54. The molecular weight excluding hydrogens is 778 g/mol. The van der Waals surface area contributed by atoms with Gasteiger partial charge < -0.3 is 42.6 Å². The number of benzene rings is 3. The van der Waals surface area contributed by atoms with E-state index in [0.717, 1.165) is 21.6 Å². The zero-order valence-corrected chi connectivity index (χ0v) is 34.1. The van der Waals surface area contributed by atoms with Crippen molar-refractivity contribution in [2.75, 3.05) is 13.2 Å². The van der Waals surface area contributed by atoms with Crippen molar-refractivity contribution in [2.45, 2.75) is 103 Å². The van der Waals surface area contributed by atoms with E-state index in [1.54, 1.807) is 0 Å². The first-order valence-electron chi connectivity index (χ1n) is 19.5. The Bertz CT molecular complexity index is 2010. The quantitative estimate of drug-likeness (QED) is 0.103. The number of rotatable bonds is 17. The second kappa shape index (κ2) is 20.5. The van der Waals surface area contributed by atoms with Crippen molar-refractivity contribution in [1.29, 1.82) is 0 Å². The van der Waals surface area contributed by atoms with Gasteiger partial charge >= 0.3 is 17.9 Å². The summed E-state index contributed by atoms with van der Waals surface area (Å²) in [6, 6.07) is 28.0. The first kappa shape index (κ1) is 43.9. The van der Waals surface area contributed by atoms with E-state index in [1.807, 2.05) is 91.0 Å². The van der Waals surface area contributed by atoms with Gasteiger partial charge in [0.25, 0.3) is 11.8 Å². The summed E-state index contributed by atoms with van der Waals surface area (Å²) in [4.78, 5) is 66.0. The fraction of sp³-hybridized carbons (Fsp3) is 0.400. The Morgan fingerprint density at radius 3 is 1.63 bits per heavy atom. The van der Waals surface area contributed by atoms with E-state index in [-0.39, 0.29) is 49.9 Å². The highest BCUT2D eigenvalue weighted by molar-refractivity contribution is 6.20. The summed E-state index contributed by atoms with van der Waals surface area (Å²) in [6.45, 7) is 6.50. The minimum absolute atomic E-state index is 0.0395. The maximum atomic E-state index is 13.5. The summed E-state index contributed by atoms with van der Waals surface area (Å²) in [5.41, 5.74) is 2.77. The Labute approximate surface area is 348 Å². The molecule has 0 saturated carbocycles. The first-order valence-corrected chi connectivity index (χ1v) is 19.5. The largest absolute Gasteiger partial charge is 0.491 e. The summed E-state index contributed by atoms with van der Waals surface area (Å²) < 4.78 is 55.9. The van der Waals surface area contributed by atoms with E-state index in [0.29, 0.717) is 0 Å². The van der Waals surface area contributed by atoms with Gasteiger partial charge in [0.05, 0.1) is 26.4 Å². The predicted octanol–water partition coefficient (Wildman–Crippen LogP) is 4.86. The summed E-state index contributed by atoms with van der Waals surface area (Å²) in [5, 5.41) is 0. The number of carbonyl (C=O) groups is 5. The Morgan fingerprint density at radius 1 is 0.600 bits per heavy atom. The second-order valence-corrected chi connectivity index (χ2v) is 14.5. The fourth-order valence-electron chi connectivity index (χ4n) is 7.01. The molecule has 0 aromatic heterocycles. The van der Waals surface area contributed by atoms with Crippen molar-refractivity contribution >= 4 is 29.7 Å². The maximum Gasteiger partial charge on any atom is 0.303 e. The maximum absolute atomic E-state index is 13.5. The molecule has 0 N–H and O–H groups in total. The van der Waals surface area contributed by atoms with Crippen molar-refractivity contribution in [1.82, 2.24) is 4.90 Å². The minimum Gasteiger partial charge on any atom is -0.491 e. The summed E-state index contributed by atoms with van der Waals surface area (Å²) >= 11 is 0. The number of carbonyl (C=O) groups excluding carboxylic acids is 5. The Kier molecular flexibility index (Phi) is 15.0. The van der Waals surface area contributed by atoms with Gasteiger partial charge in [0.1, 0.15) is 43.0 Å². The van der Waals surface area contributed by atoms with Gasteiger partial charge in [-0.15, -0.1) is 0 Å². The highest BCUT2D eigenvalue weighted by Gasteiger charge is 2.54. The van der Waals surface area contributed by atoms with Crippen molar-refractivity contribution in [2.24, 2.45) is 0 Å². The first-order chi connectivity index (χ1) is 28.9. The lowest BCUT2D eigenvalue weighted by Crippen LogP contribution is -2.64. The molecule has 3 aliphatic heterocycles. The lowest BCUT2D eigenvalue weighted by Gasteiger charge is -2.47. The molecule has 60 heavy (non-hydrogen) atoms. The summed E-state index contributed by atoms with van der Waals surface area (Å²) in [5.74, 6) is -3.35. The molecule has 0 spiro atoms. The molecule has 318 valence electrons. The van der Waals surface area contributed by atoms with Gasteiger partial charge in [0.15, 0.2) is 24.6 Å². The molecule has 6 rings (SSSR count). The Balaban J connectivity index is 1.40. The molecule has 2 amide bonds. The van der Waals surface area contributed by atoms with Crippen LogP contribution in [0.4, 0.5) is 0 Å². The predicted molar refractivity (Wildman–Crippen MR) is 211 cm³/mol. The van der Waals surface area contributed by atoms with Crippen LogP contribution in [0.5, 0.6) is 0 Å². The third-order valence-electron chi connectivity index (χ3n) is 10.1. The van der Waals surface area contributed by atoms with Gasteiger partial charge in [-0.3, -0.25) is 24.0 Å². The van der Waals surface area contributed by atoms with Crippen LogP contribution in [0.2, 0.25) is 0 Å². The summed E-state index contributed by atoms with van der Waals surface area (Å²) in [7, 11) is 0. The lowest BCUT2D eigenvalue weighted by molar-refractivity contribution is -0.339. The van der Waals surface area contributed by atoms with Crippen LogP contribution in [-0.4, -0.2) is 96.9 Å². The number of hydrogen-bond acceptors (Lipinski definition) is 14. The smallest absolute Gasteiger partial charge is 0.303 e. The van der Waals surface area contributed by atoms with Gasteiger partial charge in [0, 0.05) is 31.9 Å². The standard InChI is InChI=1S/C45H49NO14/c1-27-28(2)44(51)46(43(27)50)35-24-54-36(25-52-21-32-15-9-6-10-16-32)40(38(35)57-30(4)48)60-45-42(58-31(5)49)41(56-23-34-19-13-8-14-20-34)39(37(59-45)26-53-29(3)47)55-22-33-17-11-7-12-18-33/h6-20,24,36-42,45H,21-23,25-26H2,1-5H3/t36-,37-,38+,39-,40-,41+,42-,45+/m1/s1. The molecule has 3 aliphatic rings. The van der Waals surface area contributed by atoms with Gasteiger partial charge in [0.2, 0.25) is 0 Å². The second-order valence-electron chi connectivity index (χ2n) is 14.5. The third-order valence-corrected chi connectivity index (χ3v) is 10.1. The van der Waals surface area contributed by atoms with Crippen molar-refractivity contribution in [3.05, 3.63) is 131 Å². The molecule has 0 bridgehead atoms. The molecule has 3 heterocycles. The lowest BCUT2D eigenvalue weighted by atomic mass is 9.97. The Hall–Kier alpha value is -5.71. The normalized spacial score (nSPS) is 25.4. The van der Waals surface area contributed by atoms with E-state index in [1.165, 1.54) is 40.9 Å². The van der Waals surface area contributed by atoms with Crippen LogP contribution < -0.4 is 0 Å². The van der Waals surface area contributed by atoms with Crippen molar-refractivity contribution in [3.63, 3.8) is 0 Å². The van der Waals surface area contributed by atoms with Crippen LogP contribution in [0.3, 0.4) is 0 Å². The highest BCUT2D eigenvalue weighted by Crippen LogP contribution is 2.37. The van der Waals surface area contributed by atoms with Gasteiger partial charge in [-0.1, -0.05) is 91.0 Å². The van der Waals surface area contributed by atoms with Gasteiger partial charge in [-0.05, 0) is 30.5 Å². The SMILES string of the molecule is CC(=O)OC[C@H]1O[C@@H](O[C@@H]2[C@@H](COCc3ccccc3)OC=C(N3C(=O)C(C)=C(C)C3=O)[C@@H]2OC(C)=O)[C@H](OC(C)=O)[C@@H](OCc2ccccc2)[C@@H]1OCc1ccccc1. The number of nitrogens with zero attached hydrogens (tertiary/aromatic N) is 1. The molecule has 0 radical (unpaired) electrons. The molecule has 3 aromatic carbocycles. The van der Waals surface area contributed by atoms with Crippen LogP contribution in [0.15, 0.2) is 114 Å². The molecular formula is C45H49NO14. The number of ether oxygens (including phenoxy) is 9. The number of esters is 3. The fourth-order valence-corrected chi connectivity index (χ4v) is 7.01. The molecule has 0 aliphatic carbocycles. The molecule has 15 nitrogen and oxygen atoms in total. The van der Waals surface area contributed by atoms with Crippen LogP contribution in [0.25, 0.3) is 0 Å². The summed E-state index contributed by atoms with van der Waals surface area (Å²) in [6.07, 6.45) is -8.83. The third kappa shape index (κ3) is 10.9. The monoisotopic (exact) mass is 827 g/mol. The van der Waals surface area contributed by atoms with Crippen LogP contribution in [0, 0.1) is 0 Å². The van der Waals surface area contributed by atoms with Crippen LogP contribution in [-0.2, 0) is 86.4 Å². The number of amides is 2. The van der Waals surface area contributed by atoms with E-state index in [4.69, 9.17) is 42.6 Å². The molecule has 3 aromatic rings. The van der Waals surface area contributed by atoms with E-state index < -0.39 is 78.7 Å². The molecule has 1 saturated heterocycles. The van der Waals surface area contributed by atoms with E-state index in [9.17, 15) is 24.0 Å². The number of hydrogen-bond donors (Lipinski definition) is 0.